The third kappa shape index (κ3) is 3.81. The Balaban J connectivity index is 0.00000169. The number of hydrogen-bond donors (Lipinski definition) is 1. The highest BCUT2D eigenvalue weighted by molar-refractivity contribution is 6.67. The van der Waals surface area contributed by atoms with Gasteiger partial charge in [0.05, 0.1) is 0 Å². The minimum atomic E-state index is -0.442. The number of nitrogens with one attached hydrogen (secondary N) is 1. The van der Waals surface area contributed by atoms with Gasteiger partial charge in [-0.2, -0.15) is 0 Å². The number of hydrogen-bond acceptors (Lipinski definition) is 2. The van der Waals surface area contributed by atoms with Crippen molar-refractivity contribution < 1.29 is 4.79 Å². The lowest BCUT2D eigenvalue weighted by Gasteiger charge is -2.03. The van der Waals surface area contributed by atoms with E-state index in [1.54, 1.807) is 24.3 Å². The molecule has 0 aliphatic heterocycles. The minimum absolute atomic E-state index is 0. The average molecular weight is 232 g/mol. The molecule has 0 aliphatic rings. The first-order chi connectivity index (χ1) is 6.24. The Kier molecular flexibility index (Phi) is 6.00. The van der Waals surface area contributed by atoms with Crippen LogP contribution in [-0.2, 0) is 0 Å². The zero-order valence-electron chi connectivity index (χ0n) is 7.50. The largest absolute Gasteiger partial charge is 0.382 e. The van der Waals surface area contributed by atoms with Crippen molar-refractivity contribution in [3.05, 3.63) is 42.5 Å². The smallest absolute Gasteiger partial charge is 0.252 e. The van der Waals surface area contributed by atoms with Crippen LogP contribution in [0.25, 0.3) is 0 Å². The zero-order valence-corrected chi connectivity index (χ0v) is 9.07. The van der Waals surface area contributed by atoms with Crippen molar-refractivity contribution in [1.29, 1.82) is 0 Å². The second-order valence-electron chi connectivity index (χ2n) is 2.52. The average Bonchev–Trinajstić information content (AvgIpc) is 2.15. The molecule has 0 aliphatic carbocycles. The Labute approximate surface area is 94.4 Å². The molecule has 0 bridgehead atoms. The number of carbonyl (C=O) groups excluding carboxylic acids is 1. The minimum Gasteiger partial charge on any atom is -0.382 e. The molecule has 0 amide bonds. The highest BCUT2D eigenvalue weighted by Crippen LogP contribution is 2.11. The summed E-state index contributed by atoms with van der Waals surface area (Å²) in [6, 6.07) is 7.03. The third-order valence-corrected chi connectivity index (χ3v) is 1.76. The second-order valence-corrected chi connectivity index (χ2v) is 2.87. The first-order valence-electron chi connectivity index (χ1n) is 3.88. The van der Waals surface area contributed by atoms with E-state index >= 15 is 0 Å². The second kappa shape index (κ2) is 6.46. The van der Waals surface area contributed by atoms with Crippen LogP contribution in [-0.4, -0.2) is 11.8 Å². The van der Waals surface area contributed by atoms with Gasteiger partial charge < -0.3 is 5.32 Å². The van der Waals surface area contributed by atoms with Gasteiger partial charge >= 0.3 is 0 Å². The normalized spacial score (nSPS) is 8.64. The Morgan fingerprint density at radius 2 is 2.29 bits per heavy atom. The molecule has 0 heterocycles. The van der Waals surface area contributed by atoms with Crippen molar-refractivity contribution in [3.63, 3.8) is 0 Å². The third-order valence-electron chi connectivity index (χ3n) is 1.54. The summed E-state index contributed by atoms with van der Waals surface area (Å²) < 4.78 is 0. The van der Waals surface area contributed by atoms with Gasteiger partial charge in [0, 0.05) is 17.8 Å². The van der Waals surface area contributed by atoms with Crippen LogP contribution < -0.4 is 5.32 Å². The summed E-state index contributed by atoms with van der Waals surface area (Å²) >= 11 is 5.32. The van der Waals surface area contributed by atoms with Crippen molar-refractivity contribution in [2.45, 2.75) is 0 Å². The molecular formula is C10H11Cl2NO. The molecule has 1 aromatic carbocycles. The van der Waals surface area contributed by atoms with Crippen LogP contribution in [0.15, 0.2) is 36.9 Å². The lowest BCUT2D eigenvalue weighted by atomic mass is 10.2. The summed E-state index contributed by atoms with van der Waals surface area (Å²) in [5, 5.41) is 2.62. The van der Waals surface area contributed by atoms with E-state index in [1.807, 2.05) is 6.07 Å². The molecule has 0 unspecified atom stereocenters. The van der Waals surface area contributed by atoms with Gasteiger partial charge in [0.1, 0.15) is 0 Å². The lowest BCUT2D eigenvalue weighted by Crippen LogP contribution is -1.98. The first-order valence-corrected chi connectivity index (χ1v) is 4.26. The molecule has 4 heteroatoms. The number of anilines is 1. The van der Waals surface area contributed by atoms with Gasteiger partial charge in [0.25, 0.3) is 5.24 Å². The molecule has 2 nitrogen and oxygen atoms in total. The molecule has 0 saturated heterocycles. The van der Waals surface area contributed by atoms with Crippen LogP contribution in [0.5, 0.6) is 0 Å². The van der Waals surface area contributed by atoms with E-state index in [2.05, 4.69) is 11.9 Å². The maximum absolute atomic E-state index is 10.8. The van der Waals surface area contributed by atoms with Crippen molar-refractivity contribution in [2.24, 2.45) is 0 Å². The number of benzene rings is 1. The van der Waals surface area contributed by atoms with Crippen molar-refractivity contribution >= 4 is 34.9 Å². The summed E-state index contributed by atoms with van der Waals surface area (Å²) in [6.07, 6.45) is 1.75. The molecule has 76 valence electrons. The Morgan fingerprint density at radius 1 is 1.57 bits per heavy atom. The van der Waals surface area contributed by atoms with Gasteiger partial charge in [-0.15, -0.1) is 19.0 Å². The standard InChI is InChI=1S/C10H10ClNO.ClH/c1-2-6-12-9-5-3-4-8(7-9)10(11)13;/h2-5,7,12H,1,6H2;1H. The Morgan fingerprint density at radius 3 is 2.86 bits per heavy atom. The Bertz CT molecular complexity index is 326. The predicted molar refractivity (Wildman–Crippen MR) is 62.6 cm³/mol. The van der Waals surface area contributed by atoms with Gasteiger partial charge in [-0.1, -0.05) is 12.1 Å². The van der Waals surface area contributed by atoms with Crippen molar-refractivity contribution in [2.75, 3.05) is 11.9 Å². The van der Waals surface area contributed by atoms with Crippen molar-refractivity contribution in [3.8, 4) is 0 Å². The van der Waals surface area contributed by atoms with E-state index in [4.69, 9.17) is 11.6 Å². The maximum Gasteiger partial charge on any atom is 0.252 e. The first kappa shape index (κ1) is 13.0. The van der Waals surface area contributed by atoms with Crippen molar-refractivity contribution in [1.82, 2.24) is 0 Å². The van der Waals surface area contributed by atoms with Gasteiger partial charge in [-0.05, 0) is 29.8 Å². The number of halogens is 2. The maximum atomic E-state index is 10.8. The quantitative estimate of drug-likeness (QED) is 0.638. The summed E-state index contributed by atoms with van der Waals surface area (Å²) in [7, 11) is 0. The van der Waals surface area contributed by atoms with Crippen LogP contribution in [0.2, 0.25) is 0 Å². The number of carbonyl (C=O) groups is 1. The fourth-order valence-corrected chi connectivity index (χ4v) is 1.06. The number of rotatable bonds is 4. The van der Waals surface area contributed by atoms with Crippen LogP contribution >= 0.6 is 24.0 Å². The lowest BCUT2D eigenvalue weighted by molar-refractivity contribution is 0.108. The molecule has 0 aromatic heterocycles. The van der Waals surface area contributed by atoms with E-state index < -0.39 is 5.24 Å². The molecule has 1 aromatic rings. The molecule has 0 spiro atoms. The van der Waals surface area contributed by atoms with E-state index in [1.165, 1.54) is 0 Å². The summed E-state index contributed by atoms with van der Waals surface area (Å²) in [5.74, 6) is 0. The summed E-state index contributed by atoms with van der Waals surface area (Å²) in [6.45, 7) is 4.24. The van der Waals surface area contributed by atoms with Gasteiger partial charge in [-0.25, -0.2) is 0 Å². The van der Waals surface area contributed by atoms with Gasteiger partial charge in [0.2, 0.25) is 0 Å². The summed E-state index contributed by atoms with van der Waals surface area (Å²) in [4.78, 5) is 10.8. The monoisotopic (exact) mass is 231 g/mol. The predicted octanol–water partition coefficient (Wildman–Crippen LogP) is 3.09. The zero-order chi connectivity index (χ0) is 9.68. The van der Waals surface area contributed by atoms with E-state index in [-0.39, 0.29) is 12.4 Å². The highest BCUT2D eigenvalue weighted by Gasteiger charge is 2.00. The fraction of sp³-hybridized carbons (Fsp3) is 0.100. The molecule has 0 saturated carbocycles. The van der Waals surface area contributed by atoms with Gasteiger partial charge in [0.15, 0.2) is 0 Å². The van der Waals surface area contributed by atoms with Crippen LogP contribution in [0.4, 0.5) is 5.69 Å². The fourth-order valence-electron chi connectivity index (χ4n) is 0.941. The highest BCUT2D eigenvalue weighted by atomic mass is 35.5. The van der Waals surface area contributed by atoms with Gasteiger partial charge in [-0.3, -0.25) is 4.79 Å². The van der Waals surface area contributed by atoms with Crippen LogP contribution in [0.3, 0.4) is 0 Å². The Hall–Kier alpha value is -0.990. The molecule has 0 fully saturated rings. The molecule has 1 rings (SSSR count). The van der Waals surface area contributed by atoms with E-state index in [0.29, 0.717) is 12.1 Å². The molecule has 14 heavy (non-hydrogen) atoms. The SMILES string of the molecule is C=CCNc1cccc(C(=O)Cl)c1.Cl. The summed E-state index contributed by atoms with van der Waals surface area (Å²) in [5.41, 5.74) is 1.36. The van der Waals surface area contributed by atoms with E-state index in [0.717, 1.165) is 5.69 Å². The van der Waals surface area contributed by atoms with Crippen LogP contribution in [0, 0.1) is 0 Å². The topological polar surface area (TPSA) is 29.1 Å². The van der Waals surface area contributed by atoms with E-state index in [9.17, 15) is 4.79 Å². The molecule has 0 radical (unpaired) electrons. The molecule has 0 atom stereocenters. The van der Waals surface area contributed by atoms with Crippen LogP contribution in [0.1, 0.15) is 10.4 Å². The molecule has 1 N–H and O–H groups in total. The molecular weight excluding hydrogens is 221 g/mol.